The molecule has 0 N–H and O–H groups in total. The summed E-state index contributed by atoms with van der Waals surface area (Å²) < 4.78 is 12.2. The summed E-state index contributed by atoms with van der Waals surface area (Å²) in [6.45, 7) is 6.19. The Labute approximate surface area is 140 Å². The summed E-state index contributed by atoms with van der Waals surface area (Å²) in [4.78, 5) is 16.6. The highest BCUT2D eigenvalue weighted by Crippen LogP contribution is 2.32. The van der Waals surface area contributed by atoms with Crippen molar-refractivity contribution in [2.24, 2.45) is 0 Å². The molecule has 2 aliphatic heterocycles. The van der Waals surface area contributed by atoms with Crippen molar-refractivity contribution >= 4 is 6.03 Å². The Hall–Kier alpha value is -2.54. The molecule has 0 unspecified atom stereocenters. The summed E-state index contributed by atoms with van der Waals surface area (Å²) in [5, 5.41) is 4.10. The van der Waals surface area contributed by atoms with Gasteiger partial charge in [-0.25, -0.2) is 4.79 Å². The molecule has 0 atom stereocenters. The first-order chi connectivity index (χ1) is 11.7. The summed E-state index contributed by atoms with van der Waals surface area (Å²) in [5.41, 5.74) is 2.19. The Morgan fingerprint density at radius 3 is 2.71 bits per heavy atom. The number of carbonyl (C=O) groups is 1. The highest BCUT2D eigenvalue weighted by atomic mass is 16.7. The van der Waals surface area contributed by atoms with Gasteiger partial charge in [-0.15, -0.1) is 0 Å². The van der Waals surface area contributed by atoms with Crippen LogP contribution in [-0.2, 0) is 6.54 Å². The number of ether oxygens (including phenoxy) is 2. The lowest BCUT2D eigenvalue weighted by Crippen LogP contribution is -2.49. The van der Waals surface area contributed by atoms with Crippen molar-refractivity contribution in [2.45, 2.75) is 13.5 Å². The maximum absolute atomic E-state index is 12.4. The SMILES string of the molecule is Cc1cnn(C(=O)N2CCN(Cc3ccc4c(c3)OCO4)CC2)c1. The maximum Gasteiger partial charge on any atom is 0.344 e. The van der Waals surface area contributed by atoms with Gasteiger partial charge in [0.2, 0.25) is 6.79 Å². The fraction of sp³-hybridized carbons (Fsp3) is 0.412. The molecule has 0 spiro atoms. The molecular weight excluding hydrogens is 308 g/mol. The molecule has 0 aliphatic carbocycles. The zero-order valence-corrected chi connectivity index (χ0v) is 13.6. The smallest absolute Gasteiger partial charge is 0.344 e. The van der Waals surface area contributed by atoms with E-state index in [0.717, 1.165) is 36.7 Å². The van der Waals surface area contributed by atoms with Gasteiger partial charge >= 0.3 is 6.03 Å². The largest absolute Gasteiger partial charge is 0.454 e. The molecular formula is C17H20N4O3. The average molecular weight is 328 g/mol. The highest BCUT2D eigenvalue weighted by Gasteiger charge is 2.23. The molecule has 4 rings (SSSR count). The Morgan fingerprint density at radius 2 is 1.96 bits per heavy atom. The number of benzene rings is 1. The quantitative estimate of drug-likeness (QED) is 0.840. The highest BCUT2D eigenvalue weighted by molar-refractivity contribution is 5.76. The Kier molecular flexibility index (Phi) is 3.86. The summed E-state index contributed by atoms with van der Waals surface area (Å²) >= 11 is 0. The number of carbonyl (C=O) groups excluding carboxylic acids is 1. The van der Waals surface area contributed by atoms with Gasteiger partial charge in [0.1, 0.15) is 0 Å². The van der Waals surface area contributed by atoms with Gasteiger partial charge in [-0.3, -0.25) is 4.90 Å². The molecule has 24 heavy (non-hydrogen) atoms. The first-order valence-electron chi connectivity index (χ1n) is 8.10. The minimum atomic E-state index is -0.0502. The number of hydrogen-bond acceptors (Lipinski definition) is 5. The molecule has 1 fully saturated rings. The predicted octanol–water partition coefficient (Wildman–Crippen LogP) is 1.71. The van der Waals surface area contributed by atoms with E-state index < -0.39 is 0 Å². The summed E-state index contributed by atoms with van der Waals surface area (Å²) in [7, 11) is 0. The Bertz CT molecular complexity index is 750. The van der Waals surface area contributed by atoms with E-state index in [4.69, 9.17) is 9.47 Å². The second-order valence-corrected chi connectivity index (χ2v) is 6.20. The minimum absolute atomic E-state index is 0.0502. The molecule has 1 amide bonds. The van der Waals surface area contributed by atoms with Crippen molar-refractivity contribution < 1.29 is 14.3 Å². The lowest BCUT2D eigenvalue weighted by Gasteiger charge is -2.34. The molecule has 126 valence electrons. The number of amides is 1. The van der Waals surface area contributed by atoms with Gasteiger partial charge in [0.15, 0.2) is 11.5 Å². The Morgan fingerprint density at radius 1 is 1.17 bits per heavy atom. The van der Waals surface area contributed by atoms with Crippen molar-refractivity contribution in [3.8, 4) is 11.5 Å². The third-order valence-electron chi connectivity index (χ3n) is 4.39. The van der Waals surface area contributed by atoms with Crippen molar-refractivity contribution in [2.75, 3.05) is 33.0 Å². The van der Waals surface area contributed by atoms with Gasteiger partial charge in [-0.1, -0.05) is 6.07 Å². The minimum Gasteiger partial charge on any atom is -0.454 e. The van der Waals surface area contributed by atoms with Crippen molar-refractivity contribution in [3.05, 3.63) is 41.7 Å². The molecule has 1 saturated heterocycles. The maximum atomic E-state index is 12.4. The zero-order valence-electron chi connectivity index (χ0n) is 13.6. The number of hydrogen-bond donors (Lipinski definition) is 0. The topological polar surface area (TPSA) is 59.8 Å². The van der Waals surface area contributed by atoms with Crippen molar-refractivity contribution in [3.63, 3.8) is 0 Å². The number of fused-ring (bicyclic) bond motifs is 1. The number of rotatable bonds is 2. The molecule has 1 aromatic heterocycles. The fourth-order valence-corrected chi connectivity index (χ4v) is 3.06. The number of aromatic nitrogens is 2. The number of nitrogens with zero attached hydrogens (tertiary/aromatic N) is 4. The van der Waals surface area contributed by atoms with E-state index in [9.17, 15) is 4.79 Å². The molecule has 7 nitrogen and oxygen atoms in total. The lowest BCUT2D eigenvalue weighted by atomic mass is 10.1. The van der Waals surface area contributed by atoms with Crippen LogP contribution in [0, 0.1) is 6.92 Å². The average Bonchev–Trinajstić information content (AvgIpc) is 3.23. The molecule has 1 aromatic carbocycles. The first-order valence-corrected chi connectivity index (χ1v) is 8.10. The molecule has 3 heterocycles. The molecule has 2 aliphatic rings. The van der Waals surface area contributed by atoms with Crippen LogP contribution in [0.25, 0.3) is 0 Å². The van der Waals surface area contributed by atoms with Crippen molar-refractivity contribution in [1.82, 2.24) is 19.6 Å². The number of aryl methyl sites for hydroxylation is 1. The fourth-order valence-electron chi connectivity index (χ4n) is 3.06. The van der Waals surface area contributed by atoms with Crippen LogP contribution < -0.4 is 9.47 Å². The van der Waals surface area contributed by atoms with E-state index in [1.54, 1.807) is 12.4 Å². The molecule has 0 saturated carbocycles. The first kappa shape index (κ1) is 15.0. The zero-order chi connectivity index (χ0) is 16.5. The summed E-state index contributed by atoms with van der Waals surface area (Å²) in [6, 6.07) is 6.01. The van der Waals surface area contributed by atoms with Crippen LogP contribution in [0.15, 0.2) is 30.6 Å². The summed E-state index contributed by atoms with van der Waals surface area (Å²) in [6.07, 6.45) is 3.47. The van der Waals surface area contributed by atoms with E-state index in [-0.39, 0.29) is 6.03 Å². The van der Waals surface area contributed by atoms with Crippen LogP contribution in [0.2, 0.25) is 0 Å². The third-order valence-corrected chi connectivity index (χ3v) is 4.39. The Balaban J connectivity index is 1.34. The van der Waals surface area contributed by atoms with Gasteiger partial charge < -0.3 is 14.4 Å². The van der Waals surface area contributed by atoms with E-state index in [0.29, 0.717) is 19.9 Å². The standard InChI is InChI=1S/C17H20N4O3/c1-13-9-18-21(10-13)17(22)20-6-4-19(5-7-20)11-14-2-3-15-16(8-14)24-12-23-15/h2-3,8-10H,4-7,11-12H2,1H3. The van der Waals surface area contributed by atoms with Crippen LogP contribution in [0.5, 0.6) is 11.5 Å². The molecule has 2 aromatic rings. The van der Waals surface area contributed by atoms with Crippen LogP contribution >= 0.6 is 0 Å². The van der Waals surface area contributed by atoms with E-state index in [2.05, 4.69) is 16.1 Å². The van der Waals surface area contributed by atoms with Gasteiger partial charge in [-0.05, 0) is 30.2 Å². The van der Waals surface area contributed by atoms with Gasteiger partial charge in [-0.2, -0.15) is 9.78 Å². The van der Waals surface area contributed by atoms with Gasteiger partial charge in [0, 0.05) is 38.9 Å². The normalized spacial score (nSPS) is 17.3. The van der Waals surface area contributed by atoms with Gasteiger partial charge in [0.05, 0.1) is 6.20 Å². The molecule has 0 radical (unpaired) electrons. The third kappa shape index (κ3) is 2.94. The second-order valence-electron chi connectivity index (χ2n) is 6.20. The van der Waals surface area contributed by atoms with E-state index >= 15 is 0 Å². The summed E-state index contributed by atoms with van der Waals surface area (Å²) in [5.74, 6) is 1.62. The predicted molar refractivity (Wildman–Crippen MR) is 87.2 cm³/mol. The molecule has 7 heteroatoms. The lowest BCUT2D eigenvalue weighted by molar-refractivity contribution is 0.134. The molecule has 0 bridgehead atoms. The van der Waals surface area contributed by atoms with Crippen LogP contribution in [0.3, 0.4) is 0 Å². The van der Waals surface area contributed by atoms with Crippen molar-refractivity contribution in [1.29, 1.82) is 0 Å². The van der Waals surface area contributed by atoms with Crippen LogP contribution in [0.4, 0.5) is 4.79 Å². The van der Waals surface area contributed by atoms with Gasteiger partial charge in [0.25, 0.3) is 0 Å². The van der Waals surface area contributed by atoms with Crippen LogP contribution in [-0.4, -0.2) is 58.6 Å². The second kappa shape index (κ2) is 6.16. The van der Waals surface area contributed by atoms with E-state index in [1.165, 1.54) is 10.2 Å². The van der Waals surface area contributed by atoms with E-state index in [1.807, 2.05) is 24.0 Å². The monoisotopic (exact) mass is 328 g/mol. The number of piperazine rings is 1. The van der Waals surface area contributed by atoms with Crippen LogP contribution in [0.1, 0.15) is 11.1 Å².